The third-order valence-electron chi connectivity index (χ3n) is 2.68. The smallest absolute Gasteiger partial charge is 0.335 e. The van der Waals surface area contributed by atoms with Crippen molar-refractivity contribution in [2.45, 2.75) is 6.92 Å². The van der Waals surface area contributed by atoms with Crippen LogP contribution in [0.2, 0.25) is 0 Å². The number of benzene rings is 2. The second-order valence-corrected chi connectivity index (χ2v) is 3.85. The van der Waals surface area contributed by atoms with Crippen LogP contribution >= 0.6 is 0 Å². The normalized spacial score (nSPS) is 10.2. The van der Waals surface area contributed by atoms with Gasteiger partial charge in [0, 0.05) is 5.56 Å². The highest BCUT2D eigenvalue weighted by atomic mass is 16.4. The van der Waals surface area contributed by atoms with Crippen molar-refractivity contribution in [2.75, 3.05) is 0 Å². The molecule has 2 rings (SSSR count). The molecular weight excluding hydrogens is 216 g/mol. The maximum Gasteiger partial charge on any atom is 0.335 e. The highest BCUT2D eigenvalue weighted by Crippen LogP contribution is 2.29. The average molecular weight is 228 g/mol. The highest BCUT2D eigenvalue weighted by molar-refractivity contribution is 5.91. The predicted octanol–water partition coefficient (Wildman–Crippen LogP) is 3.07. The highest BCUT2D eigenvalue weighted by Gasteiger charge is 2.10. The fraction of sp³-hybridized carbons (Fsp3) is 0.0714. The number of carboxylic acids is 1. The van der Waals surface area contributed by atoms with Gasteiger partial charge in [0.2, 0.25) is 0 Å². The minimum absolute atomic E-state index is 0.146. The van der Waals surface area contributed by atoms with Gasteiger partial charge in [-0.3, -0.25) is 0 Å². The number of phenolic OH excluding ortho intramolecular Hbond substituents is 1. The standard InChI is InChI=1S/C14H12O3/c1-9-6-7-10(8-12(9)14(16)17)11-4-2-3-5-13(11)15/h2-8,15H,1H3,(H,16,17). The van der Waals surface area contributed by atoms with Crippen molar-refractivity contribution in [3.63, 3.8) is 0 Å². The fourth-order valence-electron chi connectivity index (χ4n) is 1.74. The second-order valence-electron chi connectivity index (χ2n) is 3.85. The van der Waals surface area contributed by atoms with Crippen LogP contribution in [0.3, 0.4) is 0 Å². The van der Waals surface area contributed by atoms with E-state index >= 15 is 0 Å². The van der Waals surface area contributed by atoms with Gasteiger partial charge < -0.3 is 10.2 Å². The molecule has 0 aliphatic rings. The lowest BCUT2D eigenvalue weighted by Gasteiger charge is -2.07. The Balaban J connectivity index is 2.58. The Bertz CT molecular complexity index is 573. The Labute approximate surface area is 99.0 Å². The molecule has 0 heterocycles. The van der Waals surface area contributed by atoms with E-state index in [1.165, 1.54) is 0 Å². The summed E-state index contributed by atoms with van der Waals surface area (Å²) in [6, 6.07) is 12.0. The lowest BCUT2D eigenvalue weighted by Crippen LogP contribution is -1.99. The summed E-state index contributed by atoms with van der Waals surface area (Å²) in [6.07, 6.45) is 0. The molecule has 0 amide bonds. The summed E-state index contributed by atoms with van der Waals surface area (Å²) in [5.41, 5.74) is 2.29. The van der Waals surface area contributed by atoms with E-state index in [9.17, 15) is 9.90 Å². The molecular formula is C14H12O3. The number of phenols is 1. The van der Waals surface area contributed by atoms with Crippen molar-refractivity contribution in [3.05, 3.63) is 53.6 Å². The summed E-state index contributed by atoms with van der Waals surface area (Å²) in [5, 5.41) is 18.8. The summed E-state index contributed by atoms with van der Waals surface area (Å²) in [7, 11) is 0. The van der Waals surface area contributed by atoms with Crippen LogP contribution in [0.5, 0.6) is 5.75 Å². The molecule has 0 fully saturated rings. The summed E-state index contributed by atoms with van der Waals surface area (Å²) >= 11 is 0. The number of carboxylic acid groups (broad SMARTS) is 1. The first-order valence-electron chi connectivity index (χ1n) is 5.22. The molecule has 0 aromatic heterocycles. The van der Waals surface area contributed by atoms with Crippen LogP contribution < -0.4 is 0 Å². The molecule has 2 aromatic carbocycles. The van der Waals surface area contributed by atoms with Gasteiger partial charge in [-0.05, 0) is 30.2 Å². The number of aryl methyl sites for hydroxylation is 1. The van der Waals surface area contributed by atoms with E-state index in [1.54, 1.807) is 49.4 Å². The number of aromatic carboxylic acids is 1. The molecule has 0 aliphatic carbocycles. The second kappa shape index (κ2) is 4.29. The van der Waals surface area contributed by atoms with Crippen LogP contribution in [0.4, 0.5) is 0 Å². The van der Waals surface area contributed by atoms with Crippen molar-refractivity contribution in [3.8, 4) is 16.9 Å². The Morgan fingerprint density at radius 2 is 1.82 bits per heavy atom. The molecule has 3 nitrogen and oxygen atoms in total. The van der Waals surface area contributed by atoms with E-state index in [1.807, 2.05) is 0 Å². The molecule has 2 aromatic rings. The van der Waals surface area contributed by atoms with Crippen molar-refractivity contribution >= 4 is 5.97 Å². The molecule has 3 heteroatoms. The summed E-state index contributed by atoms with van der Waals surface area (Å²) in [5.74, 6) is -0.813. The lowest BCUT2D eigenvalue weighted by atomic mass is 9.99. The van der Waals surface area contributed by atoms with Gasteiger partial charge in [0.25, 0.3) is 0 Å². The third kappa shape index (κ3) is 2.13. The Morgan fingerprint density at radius 3 is 2.47 bits per heavy atom. The Hall–Kier alpha value is -2.29. The molecule has 0 bridgehead atoms. The minimum atomic E-state index is -0.959. The van der Waals surface area contributed by atoms with Crippen LogP contribution in [0.15, 0.2) is 42.5 Å². The zero-order chi connectivity index (χ0) is 12.4. The van der Waals surface area contributed by atoms with Gasteiger partial charge >= 0.3 is 5.97 Å². The third-order valence-corrected chi connectivity index (χ3v) is 2.68. The summed E-state index contributed by atoms with van der Waals surface area (Å²) < 4.78 is 0. The fourth-order valence-corrected chi connectivity index (χ4v) is 1.74. The van der Waals surface area contributed by atoms with Gasteiger partial charge in [-0.1, -0.05) is 30.3 Å². The van der Waals surface area contributed by atoms with Gasteiger partial charge in [0.05, 0.1) is 5.56 Å². The molecule has 0 saturated carbocycles. The van der Waals surface area contributed by atoms with Gasteiger partial charge in [0.1, 0.15) is 5.75 Å². The Kier molecular flexibility index (Phi) is 2.83. The van der Waals surface area contributed by atoms with Crippen LogP contribution in [-0.4, -0.2) is 16.2 Å². The molecule has 0 aliphatic heterocycles. The van der Waals surface area contributed by atoms with Gasteiger partial charge in [0.15, 0.2) is 0 Å². The monoisotopic (exact) mass is 228 g/mol. The topological polar surface area (TPSA) is 57.5 Å². The largest absolute Gasteiger partial charge is 0.507 e. The number of rotatable bonds is 2. The van der Waals surface area contributed by atoms with E-state index in [4.69, 9.17) is 5.11 Å². The SMILES string of the molecule is Cc1ccc(-c2ccccc2O)cc1C(=O)O. The minimum Gasteiger partial charge on any atom is -0.507 e. The number of hydrogen-bond donors (Lipinski definition) is 2. The van der Waals surface area contributed by atoms with Crippen molar-refractivity contribution in [1.29, 1.82) is 0 Å². The Morgan fingerprint density at radius 1 is 1.12 bits per heavy atom. The zero-order valence-corrected chi connectivity index (χ0v) is 9.34. The molecule has 2 N–H and O–H groups in total. The summed E-state index contributed by atoms with van der Waals surface area (Å²) in [4.78, 5) is 11.0. The van der Waals surface area contributed by atoms with Crippen LogP contribution in [0, 0.1) is 6.92 Å². The quantitative estimate of drug-likeness (QED) is 0.830. The van der Waals surface area contributed by atoms with Gasteiger partial charge in [-0.15, -0.1) is 0 Å². The van der Waals surface area contributed by atoms with Gasteiger partial charge in [-0.25, -0.2) is 4.79 Å². The van der Waals surface area contributed by atoms with E-state index < -0.39 is 5.97 Å². The number of aromatic hydroxyl groups is 1. The first-order valence-corrected chi connectivity index (χ1v) is 5.22. The van der Waals surface area contributed by atoms with E-state index in [-0.39, 0.29) is 11.3 Å². The van der Waals surface area contributed by atoms with E-state index in [0.717, 1.165) is 0 Å². The number of para-hydroxylation sites is 1. The van der Waals surface area contributed by atoms with Crippen molar-refractivity contribution in [1.82, 2.24) is 0 Å². The van der Waals surface area contributed by atoms with Crippen LogP contribution in [-0.2, 0) is 0 Å². The van der Waals surface area contributed by atoms with Crippen LogP contribution in [0.1, 0.15) is 15.9 Å². The van der Waals surface area contributed by atoms with Crippen molar-refractivity contribution < 1.29 is 15.0 Å². The molecule has 0 atom stereocenters. The number of hydrogen-bond acceptors (Lipinski definition) is 2. The molecule has 0 spiro atoms. The van der Waals surface area contributed by atoms with E-state index in [0.29, 0.717) is 16.7 Å². The first-order chi connectivity index (χ1) is 8.09. The molecule has 0 saturated heterocycles. The maximum absolute atomic E-state index is 11.0. The zero-order valence-electron chi connectivity index (χ0n) is 9.34. The maximum atomic E-state index is 11.0. The van der Waals surface area contributed by atoms with E-state index in [2.05, 4.69) is 0 Å². The lowest BCUT2D eigenvalue weighted by molar-refractivity contribution is 0.0696. The predicted molar refractivity (Wildman–Crippen MR) is 65.2 cm³/mol. The molecule has 17 heavy (non-hydrogen) atoms. The molecule has 86 valence electrons. The van der Waals surface area contributed by atoms with Crippen LogP contribution in [0.25, 0.3) is 11.1 Å². The van der Waals surface area contributed by atoms with Crippen molar-refractivity contribution in [2.24, 2.45) is 0 Å². The summed E-state index contributed by atoms with van der Waals surface area (Å²) in [6.45, 7) is 1.75. The molecule has 0 unspecified atom stereocenters. The van der Waals surface area contributed by atoms with Gasteiger partial charge in [-0.2, -0.15) is 0 Å². The first kappa shape index (κ1) is 11.2. The average Bonchev–Trinajstić information content (AvgIpc) is 2.30. The number of carbonyl (C=O) groups is 1. The molecule has 0 radical (unpaired) electrons.